The number of fused-ring (bicyclic) bond motifs is 1. The molecule has 1 aliphatic heterocycles. The van der Waals surface area contributed by atoms with Crippen LogP contribution in [-0.2, 0) is 0 Å². The molecule has 0 aliphatic carbocycles. The molecule has 3 heterocycles. The Morgan fingerprint density at radius 3 is 2.92 bits per heavy atom. The second-order valence-corrected chi connectivity index (χ2v) is 6.21. The standard InChI is InChI=1S/C18H17N3O4/c22-17(15-11-25-16-6-2-1-5-14(15)16)20-7-3-4-13(10-20)21-9-12(8-19-21)18(23)24/h1-2,5-6,8-9,11,13H,3-4,7,10H2,(H,23,24). The third kappa shape index (κ3) is 2.77. The summed E-state index contributed by atoms with van der Waals surface area (Å²) in [5.41, 5.74) is 1.41. The van der Waals surface area contributed by atoms with Crippen LogP contribution in [0.5, 0.6) is 0 Å². The summed E-state index contributed by atoms with van der Waals surface area (Å²) in [7, 11) is 0. The lowest BCUT2D eigenvalue weighted by atomic mass is 10.0. The molecule has 0 radical (unpaired) electrons. The molecule has 3 aromatic rings. The monoisotopic (exact) mass is 339 g/mol. The summed E-state index contributed by atoms with van der Waals surface area (Å²) < 4.78 is 7.12. The minimum Gasteiger partial charge on any atom is -0.478 e. The number of nitrogens with zero attached hydrogens (tertiary/aromatic N) is 3. The van der Waals surface area contributed by atoms with Gasteiger partial charge < -0.3 is 14.4 Å². The third-order valence-corrected chi connectivity index (χ3v) is 4.62. The van der Waals surface area contributed by atoms with E-state index in [0.717, 1.165) is 18.2 Å². The highest BCUT2D eigenvalue weighted by Gasteiger charge is 2.28. The Morgan fingerprint density at radius 2 is 2.12 bits per heavy atom. The van der Waals surface area contributed by atoms with Crippen molar-refractivity contribution in [1.29, 1.82) is 0 Å². The molecule has 0 saturated carbocycles. The van der Waals surface area contributed by atoms with Crippen LogP contribution in [0.2, 0.25) is 0 Å². The van der Waals surface area contributed by atoms with Crippen LogP contribution >= 0.6 is 0 Å². The van der Waals surface area contributed by atoms with E-state index in [4.69, 9.17) is 9.52 Å². The average molecular weight is 339 g/mol. The molecule has 0 bridgehead atoms. The average Bonchev–Trinajstić information content (AvgIpc) is 3.28. The van der Waals surface area contributed by atoms with E-state index in [0.29, 0.717) is 24.2 Å². The summed E-state index contributed by atoms with van der Waals surface area (Å²) >= 11 is 0. The highest BCUT2D eigenvalue weighted by atomic mass is 16.4. The topological polar surface area (TPSA) is 88.6 Å². The first-order valence-corrected chi connectivity index (χ1v) is 8.16. The fourth-order valence-electron chi connectivity index (χ4n) is 3.32. The Hall–Kier alpha value is -3.09. The summed E-state index contributed by atoms with van der Waals surface area (Å²) in [6.45, 7) is 1.17. The van der Waals surface area contributed by atoms with Crippen molar-refractivity contribution in [1.82, 2.24) is 14.7 Å². The van der Waals surface area contributed by atoms with E-state index in [9.17, 15) is 9.59 Å². The Balaban J connectivity index is 1.56. The molecule has 1 aliphatic rings. The minimum atomic E-state index is -1.00. The largest absolute Gasteiger partial charge is 0.478 e. The molecular formula is C18H17N3O4. The third-order valence-electron chi connectivity index (χ3n) is 4.62. The molecule has 128 valence electrons. The van der Waals surface area contributed by atoms with Gasteiger partial charge in [-0.25, -0.2) is 4.79 Å². The fraction of sp³-hybridized carbons (Fsp3) is 0.278. The Kier molecular flexibility index (Phi) is 3.76. The van der Waals surface area contributed by atoms with Gasteiger partial charge in [0.15, 0.2) is 0 Å². The van der Waals surface area contributed by atoms with Gasteiger partial charge in [-0.05, 0) is 18.9 Å². The maximum atomic E-state index is 12.9. The molecule has 1 saturated heterocycles. The number of carboxylic acid groups (broad SMARTS) is 1. The molecule has 1 fully saturated rings. The molecule has 1 atom stereocenters. The molecule has 1 N–H and O–H groups in total. The number of carbonyl (C=O) groups excluding carboxylic acids is 1. The van der Waals surface area contributed by atoms with Crippen LogP contribution in [0.25, 0.3) is 11.0 Å². The number of para-hydroxylation sites is 1. The molecule has 7 heteroatoms. The summed E-state index contributed by atoms with van der Waals surface area (Å²) in [6.07, 6.45) is 6.07. The van der Waals surface area contributed by atoms with Gasteiger partial charge >= 0.3 is 5.97 Å². The molecular weight excluding hydrogens is 322 g/mol. The van der Waals surface area contributed by atoms with Gasteiger partial charge in [0.25, 0.3) is 5.91 Å². The summed E-state index contributed by atoms with van der Waals surface area (Å²) in [4.78, 5) is 25.7. The zero-order valence-corrected chi connectivity index (χ0v) is 13.5. The molecule has 2 aromatic heterocycles. The lowest BCUT2D eigenvalue weighted by molar-refractivity contribution is 0.0666. The fourth-order valence-corrected chi connectivity index (χ4v) is 3.32. The number of likely N-dealkylation sites (tertiary alicyclic amines) is 1. The second kappa shape index (κ2) is 6.08. The van der Waals surface area contributed by atoms with Gasteiger partial charge in [0.1, 0.15) is 11.8 Å². The number of rotatable bonds is 3. The number of carbonyl (C=O) groups is 2. The van der Waals surface area contributed by atoms with Crippen molar-refractivity contribution < 1.29 is 19.1 Å². The first-order valence-electron chi connectivity index (χ1n) is 8.16. The molecule has 7 nitrogen and oxygen atoms in total. The molecule has 1 unspecified atom stereocenters. The maximum Gasteiger partial charge on any atom is 0.338 e. The predicted octanol–water partition coefficient (Wildman–Crippen LogP) is 2.80. The number of benzene rings is 1. The Labute approximate surface area is 143 Å². The van der Waals surface area contributed by atoms with E-state index in [2.05, 4.69) is 5.10 Å². The maximum absolute atomic E-state index is 12.9. The van der Waals surface area contributed by atoms with Gasteiger partial charge in [-0.1, -0.05) is 18.2 Å². The van der Waals surface area contributed by atoms with Crippen LogP contribution in [-0.4, -0.2) is 44.8 Å². The van der Waals surface area contributed by atoms with E-state index in [1.165, 1.54) is 18.7 Å². The van der Waals surface area contributed by atoms with Gasteiger partial charge in [0.2, 0.25) is 0 Å². The highest BCUT2D eigenvalue weighted by Crippen LogP contribution is 2.26. The van der Waals surface area contributed by atoms with Crippen molar-refractivity contribution in [3.8, 4) is 0 Å². The number of furan rings is 1. The van der Waals surface area contributed by atoms with Crippen LogP contribution in [0, 0.1) is 0 Å². The van der Waals surface area contributed by atoms with E-state index in [-0.39, 0.29) is 17.5 Å². The number of aromatic nitrogens is 2. The van der Waals surface area contributed by atoms with Crippen LogP contribution in [0.1, 0.15) is 39.6 Å². The normalized spacial score (nSPS) is 17.8. The second-order valence-electron chi connectivity index (χ2n) is 6.21. The zero-order chi connectivity index (χ0) is 17.4. The van der Waals surface area contributed by atoms with E-state index in [1.807, 2.05) is 24.3 Å². The number of piperidine rings is 1. The molecule has 25 heavy (non-hydrogen) atoms. The number of carboxylic acids is 1. The van der Waals surface area contributed by atoms with Crippen molar-refractivity contribution in [2.45, 2.75) is 18.9 Å². The number of aromatic carboxylic acids is 1. The van der Waals surface area contributed by atoms with E-state index >= 15 is 0 Å². The zero-order valence-electron chi connectivity index (χ0n) is 13.5. The van der Waals surface area contributed by atoms with Gasteiger partial charge in [0.05, 0.1) is 23.4 Å². The lowest BCUT2D eigenvalue weighted by Crippen LogP contribution is -2.40. The first kappa shape index (κ1) is 15.4. The minimum absolute atomic E-state index is 0.0241. The van der Waals surface area contributed by atoms with Crippen LogP contribution in [0.4, 0.5) is 0 Å². The van der Waals surface area contributed by atoms with Crippen molar-refractivity contribution in [2.24, 2.45) is 0 Å². The Bertz CT molecular complexity index is 943. The molecule has 0 spiro atoms. The summed E-state index contributed by atoms with van der Waals surface area (Å²) in [6, 6.07) is 7.44. The van der Waals surface area contributed by atoms with Crippen molar-refractivity contribution >= 4 is 22.8 Å². The first-order chi connectivity index (χ1) is 12.1. The summed E-state index contributed by atoms with van der Waals surface area (Å²) in [5.74, 6) is -1.07. The van der Waals surface area contributed by atoms with Crippen molar-refractivity contribution in [3.05, 3.63) is 54.0 Å². The van der Waals surface area contributed by atoms with Gasteiger partial charge in [-0.15, -0.1) is 0 Å². The highest BCUT2D eigenvalue weighted by molar-refractivity contribution is 6.05. The van der Waals surface area contributed by atoms with Gasteiger partial charge in [-0.2, -0.15) is 5.10 Å². The SMILES string of the molecule is O=C(O)c1cnn(C2CCCN(C(=O)c3coc4ccccc34)C2)c1. The van der Waals surface area contributed by atoms with Gasteiger partial charge in [0, 0.05) is 24.7 Å². The van der Waals surface area contributed by atoms with Gasteiger partial charge in [-0.3, -0.25) is 9.48 Å². The van der Waals surface area contributed by atoms with Crippen LogP contribution < -0.4 is 0 Å². The molecule has 4 rings (SSSR count). The lowest BCUT2D eigenvalue weighted by Gasteiger charge is -2.32. The van der Waals surface area contributed by atoms with Crippen molar-refractivity contribution in [2.75, 3.05) is 13.1 Å². The number of hydrogen-bond acceptors (Lipinski definition) is 4. The molecule has 1 aromatic carbocycles. The quantitative estimate of drug-likeness (QED) is 0.792. The van der Waals surface area contributed by atoms with E-state index in [1.54, 1.807) is 9.58 Å². The van der Waals surface area contributed by atoms with E-state index < -0.39 is 5.97 Å². The molecule has 1 amide bonds. The van der Waals surface area contributed by atoms with Crippen LogP contribution in [0.3, 0.4) is 0 Å². The Morgan fingerprint density at radius 1 is 1.28 bits per heavy atom. The number of amides is 1. The smallest absolute Gasteiger partial charge is 0.338 e. The number of hydrogen-bond donors (Lipinski definition) is 1. The predicted molar refractivity (Wildman–Crippen MR) is 89.6 cm³/mol. The summed E-state index contributed by atoms with van der Waals surface area (Å²) in [5, 5.41) is 14.0. The van der Waals surface area contributed by atoms with Crippen molar-refractivity contribution in [3.63, 3.8) is 0 Å². The van der Waals surface area contributed by atoms with Crippen LogP contribution in [0.15, 0.2) is 47.3 Å².